The van der Waals surface area contributed by atoms with Crippen molar-refractivity contribution < 1.29 is 14.2 Å². The van der Waals surface area contributed by atoms with E-state index in [-0.39, 0.29) is 5.95 Å². The number of anilines is 3. The first-order valence-corrected chi connectivity index (χ1v) is 9.67. The van der Waals surface area contributed by atoms with Crippen LogP contribution in [0.1, 0.15) is 0 Å². The molecule has 0 atom stereocenters. The molecule has 4 aromatic rings. The fourth-order valence-corrected chi connectivity index (χ4v) is 3.41. The highest BCUT2D eigenvalue weighted by Gasteiger charge is 2.13. The fourth-order valence-electron chi connectivity index (χ4n) is 3.16. The van der Waals surface area contributed by atoms with Gasteiger partial charge in [0.15, 0.2) is 17.3 Å². The lowest BCUT2D eigenvalue weighted by Gasteiger charge is -2.12. The molecule has 0 radical (unpaired) electrons. The van der Waals surface area contributed by atoms with Gasteiger partial charge in [-0.3, -0.25) is 0 Å². The molecule has 0 saturated heterocycles. The Hall–Kier alpha value is -3.78. The van der Waals surface area contributed by atoms with Crippen LogP contribution in [0.3, 0.4) is 0 Å². The molecule has 158 valence electrons. The van der Waals surface area contributed by atoms with E-state index in [9.17, 15) is 0 Å². The number of rotatable bonds is 6. The summed E-state index contributed by atoms with van der Waals surface area (Å²) in [5, 5.41) is 3.69. The van der Waals surface area contributed by atoms with Crippen molar-refractivity contribution in [3.8, 4) is 28.5 Å². The van der Waals surface area contributed by atoms with Gasteiger partial charge in [0, 0.05) is 11.3 Å². The number of benzene rings is 2. The van der Waals surface area contributed by atoms with E-state index in [0.29, 0.717) is 44.8 Å². The zero-order valence-electron chi connectivity index (χ0n) is 17.1. The van der Waals surface area contributed by atoms with Crippen molar-refractivity contribution in [1.82, 2.24) is 15.0 Å². The van der Waals surface area contributed by atoms with Crippen LogP contribution in [-0.2, 0) is 0 Å². The van der Waals surface area contributed by atoms with Crippen molar-refractivity contribution in [2.75, 3.05) is 32.4 Å². The molecule has 2 heterocycles. The third kappa shape index (κ3) is 4.10. The lowest BCUT2D eigenvalue weighted by atomic mass is 10.1. The van der Waals surface area contributed by atoms with Gasteiger partial charge in [-0.2, -0.15) is 4.98 Å². The summed E-state index contributed by atoms with van der Waals surface area (Å²) in [6, 6.07) is 14.6. The second-order valence-corrected chi connectivity index (χ2v) is 6.95. The van der Waals surface area contributed by atoms with Gasteiger partial charge in [-0.15, -0.1) is 0 Å². The van der Waals surface area contributed by atoms with Gasteiger partial charge in [0.25, 0.3) is 0 Å². The molecule has 0 fully saturated rings. The Labute approximate surface area is 184 Å². The highest BCUT2D eigenvalue weighted by Crippen LogP contribution is 2.34. The van der Waals surface area contributed by atoms with Crippen LogP contribution < -0.4 is 25.3 Å². The van der Waals surface area contributed by atoms with E-state index in [2.05, 4.69) is 15.3 Å². The Balaban J connectivity index is 1.79. The molecular formula is C22H20ClN5O3. The monoisotopic (exact) mass is 437 g/mol. The van der Waals surface area contributed by atoms with Crippen molar-refractivity contribution in [2.45, 2.75) is 0 Å². The zero-order valence-corrected chi connectivity index (χ0v) is 17.9. The lowest BCUT2D eigenvalue weighted by Crippen LogP contribution is -2.03. The Morgan fingerprint density at radius 3 is 2.26 bits per heavy atom. The van der Waals surface area contributed by atoms with E-state index >= 15 is 0 Å². The number of halogens is 1. The summed E-state index contributed by atoms with van der Waals surface area (Å²) >= 11 is 6.24. The van der Waals surface area contributed by atoms with E-state index in [1.165, 1.54) is 0 Å². The minimum absolute atomic E-state index is 0.135. The Bertz CT molecular complexity index is 1270. The van der Waals surface area contributed by atoms with Gasteiger partial charge in [-0.1, -0.05) is 11.6 Å². The van der Waals surface area contributed by atoms with Crippen LogP contribution in [0.15, 0.2) is 48.5 Å². The Morgan fingerprint density at radius 2 is 1.55 bits per heavy atom. The van der Waals surface area contributed by atoms with Crippen LogP contribution in [0.5, 0.6) is 17.2 Å². The molecule has 0 saturated carbocycles. The molecule has 0 amide bonds. The molecule has 31 heavy (non-hydrogen) atoms. The van der Waals surface area contributed by atoms with Gasteiger partial charge in [0.2, 0.25) is 5.95 Å². The molecule has 3 N–H and O–H groups in total. The second kappa shape index (κ2) is 8.53. The first kappa shape index (κ1) is 20.5. The molecule has 0 bridgehead atoms. The fraction of sp³-hybridized carbons (Fsp3) is 0.136. The number of hydrogen-bond acceptors (Lipinski definition) is 8. The Morgan fingerprint density at radius 1 is 0.806 bits per heavy atom. The number of ether oxygens (including phenoxy) is 3. The minimum atomic E-state index is 0.135. The maximum atomic E-state index is 6.24. The van der Waals surface area contributed by atoms with Gasteiger partial charge in [-0.25, -0.2) is 9.97 Å². The predicted octanol–water partition coefficient (Wildman–Crippen LogP) is 4.70. The number of nitrogens with two attached hydrogens (primary N) is 1. The van der Waals surface area contributed by atoms with Crippen molar-refractivity contribution in [1.29, 1.82) is 0 Å². The Kier molecular flexibility index (Phi) is 5.64. The number of nitrogens with one attached hydrogen (secondary N) is 1. The van der Waals surface area contributed by atoms with Crippen LogP contribution in [0.25, 0.3) is 22.3 Å². The van der Waals surface area contributed by atoms with Crippen LogP contribution in [0, 0.1) is 0 Å². The standard InChI is InChI=1S/C22H20ClN5O3/c1-29-17-9-5-13(11-14(17)23)25-21-20-16(27-22(24)28-21)7-6-15(26-20)12-4-8-18(30-2)19(10-12)31-3/h4-11H,1-3H3,(H3,24,25,27,28). The summed E-state index contributed by atoms with van der Waals surface area (Å²) in [5.41, 5.74) is 9.37. The SMILES string of the molecule is COc1ccc(Nc2nc(N)nc3ccc(-c4ccc(OC)c(OC)c4)nc23)cc1Cl. The number of fused-ring (bicyclic) bond motifs is 1. The summed E-state index contributed by atoms with van der Waals surface area (Å²) in [6.45, 7) is 0. The van der Waals surface area contributed by atoms with E-state index in [1.807, 2.05) is 36.4 Å². The maximum Gasteiger partial charge on any atom is 0.222 e. The summed E-state index contributed by atoms with van der Waals surface area (Å²) in [5.74, 6) is 2.43. The first-order chi connectivity index (χ1) is 15.0. The average Bonchev–Trinajstić information content (AvgIpc) is 2.78. The number of methoxy groups -OCH3 is 3. The molecule has 4 rings (SSSR count). The summed E-state index contributed by atoms with van der Waals surface area (Å²) in [7, 11) is 4.75. The van der Waals surface area contributed by atoms with Gasteiger partial charge < -0.3 is 25.3 Å². The quantitative estimate of drug-likeness (QED) is 0.447. The minimum Gasteiger partial charge on any atom is -0.495 e. The predicted molar refractivity (Wildman–Crippen MR) is 122 cm³/mol. The molecule has 0 spiro atoms. The van der Waals surface area contributed by atoms with Crippen molar-refractivity contribution in [3.05, 3.63) is 53.6 Å². The topological polar surface area (TPSA) is 104 Å². The normalized spacial score (nSPS) is 10.7. The number of pyridine rings is 1. The summed E-state index contributed by atoms with van der Waals surface area (Å²) in [6.07, 6.45) is 0. The van der Waals surface area contributed by atoms with Crippen LogP contribution in [-0.4, -0.2) is 36.3 Å². The third-order valence-electron chi connectivity index (χ3n) is 4.65. The molecule has 9 heteroatoms. The molecule has 8 nitrogen and oxygen atoms in total. The number of nitrogen functional groups attached to an aromatic ring is 1. The first-order valence-electron chi connectivity index (χ1n) is 9.29. The molecule has 2 aromatic carbocycles. The van der Waals surface area contributed by atoms with Gasteiger partial charge in [0.05, 0.1) is 37.6 Å². The molecule has 0 aliphatic heterocycles. The molecule has 0 aliphatic carbocycles. The van der Waals surface area contributed by atoms with E-state index in [1.54, 1.807) is 33.5 Å². The van der Waals surface area contributed by atoms with E-state index < -0.39 is 0 Å². The summed E-state index contributed by atoms with van der Waals surface area (Å²) < 4.78 is 15.9. The van der Waals surface area contributed by atoms with Gasteiger partial charge >= 0.3 is 0 Å². The largest absolute Gasteiger partial charge is 0.495 e. The van der Waals surface area contributed by atoms with Crippen LogP contribution >= 0.6 is 11.6 Å². The third-order valence-corrected chi connectivity index (χ3v) is 4.95. The van der Waals surface area contributed by atoms with Crippen molar-refractivity contribution in [2.24, 2.45) is 0 Å². The lowest BCUT2D eigenvalue weighted by molar-refractivity contribution is 0.355. The number of aromatic nitrogens is 3. The highest BCUT2D eigenvalue weighted by atomic mass is 35.5. The van der Waals surface area contributed by atoms with Gasteiger partial charge in [0.1, 0.15) is 11.3 Å². The van der Waals surface area contributed by atoms with Gasteiger partial charge in [-0.05, 0) is 48.5 Å². The molecule has 0 aliphatic rings. The van der Waals surface area contributed by atoms with Crippen LogP contribution in [0.4, 0.5) is 17.5 Å². The molecule has 0 unspecified atom stereocenters. The number of hydrogen-bond donors (Lipinski definition) is 2. The second-order valence-electron chi connectivity index (χ2n) is 6.54. The average molecular weight is 438 g/mol. The molecule has 2 aromatic heterocycles. The highest BCUT2D eigenvalue weighted by molar-refractivity contribution is 6.32. The van der Waals surface area contributed by atoms with Crippen LogP contribution in [0.2, 0.25) is 5.02 Å². The molecular weight excluding hydrogens is 418 g/mol. The van der Waals surface area contributed by atoms with Crippen molar-refractivity contribution >= 4 is 40.1 Å². The smallest absolute Gasteiger partial charge is 0.222 e. The zero-order chi connectivity index (χ0) is 22.0. The number of nitrogens with zero attached hydrogens (tertiary/aromatic N) is 3. The maximum absolute atomic E-state index is 6.24. The van der Waals surface area contributed by atoms with Crippen molar-refractivity contribution in [3.63, 3.8) is 0 Å². The summed E-state index contributed by atoms with van der Waals surface area (Å²) in [4.78, 5) is 13.4. The van der Waals surface area contributed by atoms with E-state index in [4.69, 9.17) is 36.5 Å². The van der Waals surface area contributed by atoms with E-state index in [0.717, 1.165) is 11.3 Å².